The summed E-state index contributed by atoms with van der Waals surface area (Å²) in [6.45, 7) is 0.475. The van der Waals surface area contributed by atoms with E-state index in [0.29, 0.717) is 17.9 Å². The highest BCUT2D eigenvalue weighted by Crippen LogP contribution is 2.19. The molecule has 0 unspecified atom stereocenters. The fraction of sp³-hybridized carbons (Fsp3) is 0.214. The first kappa shape index (κ1) is 12.9. The number of nitrogens with zero attached hydrogens (tertiary/aromatic N) is 1. The van der Waals surface area contributed by atoms with Crippen LogP contribution in [0.25, 0.3) is 0 Å². The third-order valence-corrected chi connectivity index (χ3v) is 2.81. The molecule has 18 heavy (non-hydrogen) atoms. The number of alkyl halides is 1. The first-order valence-electron chi connectivity index (χ1n) is 5.65. The summed E-state index contributed by atoms with van der Waals surface area (Å²) in [7, 11) is 0. The Morgan fingerprint density at radius 2 is 2.00 bits per heavy atom. The maximum Gasteiger partial charge on any atom is 0.138 e. The van der Waals surface area contributed by atoms with Gasteiger partial charge in [0, 0.05) is 11.8 Å². The zero-order chi connectivity index (χ0) is 12.8. The largest absolute Gasteiger partial charge is 0.487 e. The Hall–Kier alpha value is -1.58. The van der Waals surface area contributed by atoms with Crippen molar-refractivity contribution in [1.29, 1.82) is 0 Å². The molecular weight excluding hydrogens is 250 g/mol. The number of pyridine rings is 1. The van der Waals surface area contributed by atoms with Crippen LogP contribution in [0.3, 0.4) is 0 Å². The van der Waals surface area contributed by atoms with Gasteiger partial charge in [0.15, 0.2) is 0 Å². The van der Waals surface area contributed by atoms with Crippen molar-refractivity contribution in [1.82, 2.24) is 4.98 Å². The molecule has 4 heteroatoms. The number of halogens is 1. The molecule has 3 nitrogen and oxygen atoms in total. The molecule has 94 valence electrons. The van der Waals surface area contributed by atoms with Gasteiger partial charge in [-0.15, -0.1) is 11.6 Å². The first-order chi connectivity index (χ1) is 8.79. The van der Waals surface area contributed by atoms with E-state index in [-0.39, 0.29) is 5.88 Å². The molecule has 0 aliphatic heterocycles. The highest BCUT2D eigenvalue weighted by atomic mass is 35.5. The van der Waals surface area contributed by atoms with Crippen molar-refractivity contribution in [3.8, 4) is 5.75 Å². The van der Waals surface area contributed by atoms with E-state index in [9.17, 15) is 5.11 Å². The Morgan fingerprint density at radius 3 is 2.72 bits per heavy atom. The zero-order valence-electron chi connectivity index (χ0n) is 9.79. The monoisotopic (exact) mass is 263 g/mol. The summed E-state index contributed by atoms with van der Waals surface area (Å²) in [4.78, 5) is 4.02. The molecule has 0 fully saturated rings. The Balaban J connectivity index is 2.01. The molecule has 0 saturated carbocycles. The van der Waals surface area contributed by atoms with Crippen molar-refractivity contribution in [2.75, 3.05) is 5.88 Å². The van der Waals surface area contributed by atoms with Crippen LogP contribution in [0.4, 0.5) is 0 Å². The molecular formula is C14H14ClNO2. The molecule has 2 rings (SSSR count). The van der Waals surface area contributed by atoms with Gasteiger partial charge in [-0.25, -0.2) is 0 Å². The van der Waals surface area contributed by atoms with Gasteiger partial charge in [0.25, 0.3) is 0 Å². The van der Waals surface area contributed by atoms with Gasteiger partial charge in [-0.1, -0.05) is 30.3 Å². The van der Waals surface area contributed by atoms with E-state index in [1.807, 2.05) is 30.3 Å². The van der Waals surface area contributed by atoms with Crippen LogP contribution in [0.15, 0.2) is 48.8 Å². The van der Waals surface area contributed by atoms with Gasteiger partial charge in [-0.05, 0) is 11.6 Å². The molecule has 1 aromatic carbocycles. The minimum absolute atomic E-state index is 0.143. The first-order valence-corrected chi connectivity index (χ1v) is 6.19. The van der Waals surface area contributed by atoms with E-state index in [4.69, 9.17) is 16.3 Å². The topological polar surface area (TPSA) is 42.4 Å². The molecule has 0 bridgehead atoms. The Labute approximate surface area is 111 Å². The average Bonchev–Trinajstić information content (AvgIpc) is 2.45. The van der Waals surface area contributed by atoms with Gasteiger partial charge < -0.3 is 9.84 Å². The maximum absolute atomic E-state index is 9.61. The van der Waals surface area contributed by atoms with E-state index in [0.717, 1.165) is 5.56 Å². The predicted molar refractivity (Wildman–Crippen MR) is 70.7 cm³/mol. The molecule has 0 aliphatic carbocycles. The Kier molecular flexibility index (Phi) is 4.56. The lowest BCUT2D eigenvalue weighted by Crippen LogP contribution is -2.01. The minimum atomic E-state index is -0.709. The fourth-order valence-corrected chi connectivity index (χ4v) is 1.70. The molecule has 0 radical (unpaired) electrons. The van der Waals surface area contributed by atoms with E-state index < -0.39 is 6.10 Å². The number of aromatic nitrogens is 1. The SMILES string of the molecule is O[C@@H](CCl)c1cncc(OCc2ccccc2)c1. The van der Waals surface area contributed by atoms with Gasteiger partial charge in [0.05, 0.1) is 18.2 Å². The minimum Gasteiger partial charge on any atom is -0.487 e. The quantitative estimate of drug-likeness (QED) is 0.844. The van der Waals surface area contributed by atoms with Crippen molar-refractivity contribution >= 4 is 11.6 Å². The summed E-state index contributed by atoms with van der Waals surface area (Å²) in [5.41, 5.74) is 1.75. The number of hydrogen-bond acceptors (Lipinski definition) is 3. The van der Waals surface area contributed by atoms with Crippen molar-refractivity contribution in [2.24, 2.45) is 0 Å². The van der Waals surface area contributed by atoms with Crippen LogP contribution < -0.4 is 4.74 Å². The predicted octanol–water partition coefficient (Wildman–Crippen LogP) is 2.93. The van der Waals surface area contributed by atoms with Crippen LogP contribution >= 0.6 is 11.6 Å². The normalized spacial score (nSPS) is 12.1. The maximum atomic E-state index is 9.61. The highest BCUT2D eigenvalue weighted by molar-refractivity contribution is 6.18. The van der Waals surface area contributed by atoms with Gasteiger partial charge in [0.2, 0.25) is 0 Å². The number of ether oxygens (including phenoxy) is 1. The lowest BCUT2D eigenvalue weighted by Gasteiger charge is -2.10. The third kappa shape index (κ3) is 3.45. The van der Waals surface area contributed by atoms with Gasteiger partial charge in [0.1, 0.15) is 12.4 Å². The highest BCUT2D eigenvalue weighted by Gasteiger charge is 2.07. The summed E-state index contributed by atoms with van der Waals surface area (Å²) < 4.78 is 5.61. The molecule has 2 aromatic rings. The lowest BCUT2D eigenvalue weighted by molar-refractivity contribution is 0.201. The fourth-order valence-electron chi connectivity index (χ4n) is 1.53. The molecule has 0 spiro atoms. The Bertz CT molecular complexity index is 490. The second-order valence-electron chi connectivity index (χ2n) is 3.90. The summed E-state index contributed by atoms with van der Waals surface area (Å²) in [5, 5.41) is 9.61. The number of rotatable bonds is 5. The second-order valence-corrected chi connectivity index (χ2v) is 4.21. The van der Waals surface area contributed by atoms with Crippen molar-refractivity contribution in [3.63, 3.8) is 0 Å². The number of aliphatic hydroxyl groups is 1. The van der Waals surface area contributed by atoms with Crippen LogP contribution in [-0.4, -0.2) is 16.0 Å². The van der Waals surface area contributed by atoms with Gasteiger partial charge in [-0.3, -0.25) is 4.98 Å². The second kappa shape index (κ2) is 6.38. The summed E-state index contributed by atoms with van der Waals surface area (Å²) in [5.74, 6) is 0.768. The van der Waals surface area contributed by atoms with E-state index >= 15 is 0 Å². The number of benzene rings is 1. The molecule has 0 aliphatic rings. The summed E-state index contributed by atoms with van der Waals surface area (Å²) in [6, 6.07) is 11.6. The summed E-state index contributed by atoms with van der Waals surface area (Å²) in [6.07, 6.45) is 2.50. The van der Waals surface area contributed by atoms with E-state index in [1.54, 1.807) is 18.5 Å². The third-order valence-electron chi connectivity index (χ3n) is 2.51. The lowest BCUT2D eigenvalue weighted by atomic mass is 10.2. The van der Waals surface area contributed by atoms with Gasteiger partial charge >= 0.3 is 0 Å². The molecule has 0 saturated heterocycles. The Morgan fingerprint density at radius 1 is 1.22 bits per heavy atom. The van der Waals surface area contributed by atoms with Crippen LogP contribution in [-0.2, 0) is 6.61 Å². The molecule has 1 atom stereocenters. The molecule has 1 heterocycles. The molecule has 1 N–H and O–H groups in total. The van der Waals surface area contributed by atoms with Crippen LogP contribution in [0.5, 0.6) is 5.75 Å². The number of hydrogen-bond donors (Lipinski definition) is 1. The van der Waals surface area contributed by atoms with Crippen molar-refractivity contribution in [2.45, 2.75) is 12.7 Å². The van der Waals surface area contributed by atoms with Crippen LogP contribution in [0, 0.1) is 0 Å². The smallest absolute Gasteiger partial charge is 0.138 e. The molecule has 0 amide bonds. The molecule has 1 aromatic heterocycles. The standard InChI is InChI=1S/C14H14ClNO2/c15-7-14(17)12-6-13(9-16-8-12)18-10-11-4-2-1-3-5-11/h1-6,8-9,14,17H,7,10H2/t14-/m0/s1. The summed E-state index contributed by atoms with van der Waals surface area (Å²) >= 11 is 5.59. The van der Waals surface area contributed by atoms with Gasteiger partial charge in [-0.2, -0.15) is 0 Å². The average molecular weight is 264 g/mol. The van der Waals surface area contributed by atoms with E-state index in [1.165, 1.54) is 0 Å². The van der Waals surface area contributed by atoms with Crippen LogP contribution in [0.1, 0.15) is 17.2 Å². The number of aliphatic hydroxyl groups excluding tert-OH is 1. The van der Waals surface area contributed by atoms with Crippen molar-refractivity contribution < 1.29 is 9.84 Å². The van der Waals surface area contributed by atoms with Crippen LogP contribution in [0.2, 0.25) is 0 Å². The zero-order valence-corrected chi connectivity index (χ0v) is 10.5. The van der Waals surface area contributed by atoms with E-state index in [2.05, 4.69) is 4.98 Å². The van der Waals surface area contributed by atoms with Crippen molar-refractivity contribution in [3.05, 3.63) is 59.9 Å².